The zero-order valence-corrected chi connectivity index (χ0v) is 10.3. The highest BCUT2D eigenvalue weighted by Crippen LogP contribution is 2.16. The van der Waals surface area contributed by atoms with Crippen LogP contribution in [-0.4, -0.2) is 22.7 Å². The molecule has 2 N–H and O–H groups in total. The highest BCUT2D eigenvalue weighted by atomic mass is 16.5. The number of aromatic nitrogens is 2. The number of para-hydroxylation sites is 1. The summed E-state index contributed by atoms with van der Waals surface area (Å²) in [7, 11) is 0. The minimum atomic E-state index is -0.319. The lowest BCUT2D eigenvalue weighted by Crippen LogP contribution is -2.21. The van der Waals surface area contributed by atoms with Gasteiger partial charge in [-0.2, -0.15) is 10.4 Å². The van der Waals surface area contributed by atoms with Crippen molar-refractivity contribution in [3.8, 4) is 11.8 Å². The van der Waals surface area contributed by atoms with Crippen LogP contribution in [0.4, 0.5) is 5.82 Å². The van der Waals surface area contributed by atoms with Crippen LogP contribution >= 0.6 is 0 Å². The fraction of sp³-hybridized carbons (Fsp3) is 0.154. The molecule has 0 saturated carbocycles. The number of carbonyl (C=O) groups is 1. The maximum Gasteiger partial charge on any atom is 0.263 e. The Morgan fingerprint density at radius 2 is 2.32 bits per heavy atom. The summed E-state index contributed by atoms with van der Waals surface area (Å²) in [5, 5.41) is 18.0. The smallest absolute Gasteiger partial charge is 0.263 e. The highest BCUT2D eigenvalue weighted by Gasteiger charge is 2.08. The van der Waals surface area contributed by atoms with Crippen molar-refractivity contribution in [3.63, 3.8) is 0 Å². The molecular formula is C13H12N4O2. The van der Waals surface area contributed by atoms with E-state index in [0.29, 0.717) is 17.1 Å². The Labute approximate surface area is 110 Å². The van der Waals surface area contributed by atoms with Gasteiger partial charge in [0.1, 0.15) is 17.6 Å². The van der Waals surface area contributed by atoms with Crippen LogP contribution in [0.1, 0.15) is 11.1 Å². The largest absolute Gasteiger partial charge is 0.482 e. The number of amides is 1. The molecule has 0 aliphatic rings. The van der Waals surface area contributed by atoms with Crippen molar-refractivity contribution < 1.29 is 9.53 Å². The quantitative estimate of drug-likeness (QED) is 0.869. The number of carbonyl (C=O) groups excluding carboxylic acids is 1. The number of nitrogens with one attached hydrogen (secondary N) is 2. The van der Waals surface area contributed by atoms with E-state index in [9.17, 15) is 4.79 Å². The number of hydrogen-bond acceptors (Lipinski definition) is 4. The summed E-state index contributed by atoms with van der Waals surface area (Å²) in [6.07, 6.45) is 1.61. The monoisotopic (exact) mass is 256 g/mol. The first-order valence-electron chi connectivity index (χ1n) is 5.62. The highest BCUT2D eigenvalue weighted by molar-refractivity contribution is 5.91. The predicted molar refractivity (Wildman–Crippen MR) is 68.6 cm³/mol. The van der Waals surface area contributed by atoms with Crippen LogP contribution in [0.2, 0.25) is 0 Å². The summed E-state index contributed by atoms with van der Waals surface area (Å²) in [4.78, 5) is 11.7. The van der Waals surface area contributed by atoms with Crippen molar-refractivity contribution >= 4 is 11.7 Å². The standard InChI is InChI=1S/C13H12N4O2/c1-9-7-15-17-13(9)16-12(18)8-19-11-5-3-2-4-10(11)6-14/h2-5,7H,8H2,1H3,(H2,15,16,17,18). The third-order valence-corrected chi connectivity index (χ3v) is 2.46. The van der Waals surface area contributed by atoms with Crippen LogP contribution < -0.4 is 10.1 Å². The molecule has 0 spiro atoms. The molecular weight excluding hydrogens is 244 g/mol. The van der Waals surface area contributed by atoms with Gasteiger partial charge < -0.3 is 10.1 Å². The molecule has 2 rings (SSSR count). The first-order chi connectivity index (χ1) is 9.20. The number of rotatable bonds is 4. The number of H-pyrrole nitrogens is 1. The van der Waals surface area contributed by atoms with Crippen LogP contribution in [0.15, 0.2) is 30.5 Å². The van der Waals surface area contributed by atoms with Crippen LogP contribution in [0.5, 0.6) is 5.75 Å². The van der Waals surface area contributed by atoms with E-state index in [-0.39, 0.29) is 12.5 Å². The van der Waals surface area contributed by atoms with Crippen molar-refractivity contribution in [2.24, 2.45) is 0 Å². The van der Waals surface area contributed by atoms with Crippen molar-refractivity contribution in [3.05, 3.63) is 41.6 Å². The van der Waals surface area contributed by atoms with Gasteiger partial charge in [0.05, 0.1) is 11.8 Å². The lowest BCUT2D eigenvalue weighted by molar-refractivity contribution is -0.118. The maximum absolute atomic E-state index is 11.7. The number of aromatic amines is 1. The van der Waals surface area contributed by atoms with Gasteiger partial charge in [-0.15, -0.1) is 0 Å². The van der Waals surface area contributed by atoms with Crippen LogP contribution in [0.3, 0.4) is 0 Å². The molecule has 0 bridgehead atoms. The minimum Gasteiger partial charge on any atom is -0.482 e. The average molecular weight is 256 g/mol. The van der Waals surface area contributed by atoms with Crippen molar-refractivity contribution in [1.82, 2.24) is 10.2 Å². The second-order valence-corrected chi connectivity index (χ2v) is 3.87. The van der Waals surface area contributed by atoms with Crippen LogP contribution in [0, 0.1) is 18.3 Å². The molecule has 0 saturated heterocycles. The second kappa shape index (κ2) is 5.69. The summed E-state index contributed by atoms with van der Waals surface area (Å²) in [6, 6.07) is 8.76. The average Bonchev–Trinajstić information content (AvgIpc) is 2.82. The van der Waals surface area contributed by atoms with Crippen molar-refractivity contribution in [2.75, 3.05) is 11.9 Å². The number of ether oxygens (including phenoxy) is 1. The topological polar surface area (TPSA) is 90.8 Å². The molecule has 0 atom stereocenters. The van der Waals surface area contributed by atoms with E-state index in [2.05, 4.69) is 15.5 Å². The van der Waals surface area contributed by atoms with Crippen LogP contribution in [-0.2, 0) is 4.79 Å². The summed E-state index contributed by atoms with van der Waals surface area (Å²) in [5.41, 5.74) is 1.23. The number of benzene rings is 1. The SMILES string of the molecule is Cc1cn[nH]c1NC(=O)COc1ccccc1C#N. The molecule has 1 aromatic heterocycles. The molecule has 1 aromatic carbocycles. The summed E-state index contributed by atoms with van der Waals surface area (Å²) in [5.74, 6) is 0.615. The van der Waals surface area contributed by atoms with Gasteiger partial charge in [0.2, 0.25) is 0 Å². The Bertz CT molecular complexity index is 628. The Morgan fingerprint density at radius 3 is 3.00 bits per heavy atom. The molecule has 0 fully saturated rings. The van der Waals surface area contributed by atoms with Gasteiger partial charge in [0, 0.05) is 5.56 Å². The molecule has 0 aliphatic carbocycles. The molecule has 0 radical (unpaired) electrons. The minimum absolute atomic E-state index is 0.169. The summed E-state index contributed by atoms with van der Waals surface area (Å²) >= 11 is 0. The molecule has 0 unspecified atom stereocenters. The lowest BCUT2D eigenvalue weighted by Gasteiger charge is -2.07. The normalized spacial score (nSPS) is 9.68. The van der Waals surface area contributed by atoms with Gasteiger partial charge in [-0.05, 0) is 19.1 Å². The Kier molecular flexibility index (Phi) is 3.78. The van der Waals surface area contributed by atoms with E-state index in [1.165, 1.54) is 0 Å². The number of nitriles is 1. The van der Waals surface area contributed by atoms with E-state index in [1.807, 2.05) is 13.0 Å². The van der Waals surface area contributed by atoms with Gasteiger partial charge in [0.15, 0.2) is 6.61 Å². The summed E-state index contributed by atoms with van der Waals surface area (Å²) in [6.45, 7) is 1.65. The van der Waals surface area contributed by atoms with E-state index in [0.717, 1.165) is 5.56 Å². The van der Waals surface area contributed by atoms with E-state index in [1.54, 1.807) is 30.5 Å². The first-order valence-corrected chi connectivity index (χ1v) is 5.62. The molecule has 2 aromatic rings. The third-order valence-electron chi connectivity index (χ3n) is 2.46. The van der Waals surface area contributed by atoms with Gasteiger partial charge in [0.25, 0.3) is 5.91 Å². The molecule has 19 heavy (non-hydrogen) atoms. The zero-order chi connectivity index (χ0) is 13.7. The number of nitrogens with zero attached hydrogens (tertiary/aromatic N) is 2. The van der Waals surface area contributed by atoms with Crippen molar-refractivity contribution in [1.29, 1.82) is 5.26 Å². The van der Waals surface area contributed by atoms with E-state index < -0.39 is 0 Å². The second-order valence-electron chi connectivity index (χ2n) is 3.87. The molecule has 1 heterocycles. The maximum atomic E-state index is 11.7. The number of hydrogen-bond donors (Lipinski definition) is 2. The predicted octanol–water partition coefficient (Wildman–Crippen LogP) is 1.61. The number of anilines is 1. The zero-order valence-electron chi connectivity index (χ0n) is 10.3. The van der Waals surface area contributed by atoms with Gasteiger partial charge in [-0.25, -0.2) is 0 Å². The molecule has 96 valence electrons. The van der Waals surface area contributed by atoms with Gasteiger partial charge >= 0.3 is 0 Å². The molecule has 1 amide bonds. The molecule has 6 nitrogen and oxygen atoms in total. The Balaban J connectivity index is 1.94. The van der Waals surface area contributed by atoms with Crippen molar-refractivity contribution in [2.45, 2.75) is 6.92 Å². The van der Waals surface area contributed by atoms with E-state index in [4.69, 9.17) is 10.00 Å². The Morgan fingerprint density at radius 1 is 1.53 bits per heavy atom. The molecule has 0 aliphatic heterocycles. The first kappa shape index (κ1) is 12.6. The lowest BCUT2D eigenvalue weighted by atomic mass is 10.2. The third kappa shape index (κ3) is 3.10. The van der Waals surface area contributed by atoms with Gasteiger partial charge in [-0.1, -0.05) is 12.1 Å². The fourth-order valence-electron chi connectivity index (χ4n) is 1.48. The Hall–Kier alpha value is -2.81. The van der Waals surface area contributed by atoms with Gasteiger partial charge in [-0.3, -0.25) is 9.89 Å². The fourth-order valence-corrected chi connectivity index (χ4v) is 1.48. The number of aryl methyl sites for hydroxylation is 1. The van der Waals surface area contributed by atoms with E-state index >= 15 is 0 Å². The molecule has 6 heteroatoms. The van der Waals surface area contributed by atoms with Crippen LogP contribution in [0.25, 0.3) is 0 Å². The summed E-state index contributed by atoms with van der Waals surface area (Å²) < 4.78 is 5.31.